The van der Waals surface area contributed by atoms with Gasteiger partial charge in [0, 0.05) is 32.5 Å². The average molecular weight is 303 g/mol. The molecule has 20 heavy (non-hydrogen) atoms. The second-order valence-electron chi connectivity index (χ2n) is 4.92. The fourth-order valence-corrected chi connectivity index (χ4v) is 3.51. The monoisotopic (exact) mass is 303 g/mol. The highest BCUT2D eigenvalue weighted by Gasteiger charge is 2.31. The number of aryl methyl sites for hydroxylation is 1. The number of hydrogen-bond acceptors (Lipinski definition) is 5. The molecule has 2 atom stereocenters. The maximum absolute atomic E-state index is 12.0. The van der Waals surface area contributed by atoms with Gasteiger partial charge in [-0.3, -0.25) is 4.68 Å². The van der Waals surface area contributed by atoms with Crippen LogP contribution in [-0.2, 0) is 26.5 Å². The van der Waals surface area contributed by atoms with Gasteiger partial charge >= 0.3 is 0 Å². The number of nitrogens with zero attached hydrogens (tertiary/aromatic N) is 2. The zero-order chi connectivity index (χ0) is 14.6. The molecule has 7 nitrogen and oxygen atoms in total. The average Bonchev–Trinajstić information content (AvgIpc) is 2.83. The van der Waals surface area contributed by atoms with E-state index in [0.717, 1.165) is 18.4 Å². The highest BCUT2D eigenvalue weighted by Crippen LogP contribution is 2.28. The lowest BCUT2D eigenvalue weighted by molar-refractivity contribution is -0.00449. The van der Waals surface area contributed by atoms with Gasteiger partial charge in [0.1, 0.15) is 6.10 Å². The number of aromatic nitrogens is 2. The molecule has 1 aromatic heterocycles. The molecule has 0 unspecified atom stereocenters. The van der Waals surface area contributed by atoms with Crippen LogP contribution in [0.4, 0.5) is 0 Å². The van der Waals surface area contributed by atoms with Gasteiger partial charge in [-0.2, -0.15) is 5.10 Å². The molecular formula is C12H21N3O4S. The summed E-state index contributed by atoms with van der Waals surface area (Å²) in [5.74, 6) is -0.0419. The van der Waals surface area contributed by atoms with E-state index in [1.165, 1.54) is 7.11 Å². The first-order valence-electron chi connectivity index (χ1n) is 6.61. The van der Waals surface area contributed by atoms with Gasteiger partial charge in [0.05, 0.1) is 24.6 Å². The first-order valence-corrected chi connectivity index (χ1v) is 8.26. The predicted octanol–water partition coefficient (Wildman–Crippen LogP) is 0.206. The molecule has 2 heterocycles. The molecule has 0 bridgehead atoms. The van der Waals surface area contributed by atoms with Crippen LogP contribution in [0.5, 0.6) is 0 Å². The second-order valence-corrected chi connectivity index (χ2v) is 6.79. The SMILES string of the molecule is COCCS(=O)(=O)N[C@H]1CCCO[C@@H]1c1cnn(C)c1. The molecule has 1 saturated heterocycles. The van der Waals surface area contributed by atoms with Crippen LogP contribution in [0.1, 0.15) is 24.5 Å². The number of nitrogens with one attached hydrogen (secondary N) is 1. The van der Waals surface area contributed by atoms with Gasteiger partial charge in [-0.05, 0) is 12.8 Å². The van der Waals surface area contributed by atoms with Crippen LogP contribution in [0.15, 0.2) is 12.4 Å². The van der Waals surface area contributed by atoms with Gasteiger partial charge in [0.2, 0.25) is 10.0 Å². The van der Waals surface area contributed by atoms with E-state index in [9.17, 15) is 8.42 Å². The summed E-state index contributed by atoms with van der Waals surface area (Å²) in [5, 5.41) is 4.11. The van der Waals surface area contributed by atoms with Crippen molar-refractivity contribution in [3.8, 4) is 0 Å². The molecule has 0 aliphatic carbocycles. The van der Waals surface area contributed by atoms with Crippen molar-refractivity contribution in [2.24, 2.45) is 7.05 Å². The van der Waals surface area contributed by atoms with E-state index in [1.54, 1.807) is 10.9 Å². The molecule has 1 aliphatic heterocycles. The third kappa shape index (κ3) is 4.02. The largest absolute Gasteiger partial charge is 0.384 e. The molecule has 0 aromatic carbocycles. The third-order valence-electron chi connectivity index (χ3n) is 3.26. The molecule has 1 fully saturated rings. The number of hydrogen-bond donors (Lipinski definition) is 1. The van der Waals surface area contributed by atoms with E-state index in [4.69, 9.17) is 9.47 Å². The van der Waals surface area contributed by atoms with Crippen LogP contribution in [0, 0.1) is 0 Å². The Labute approximate surface area is 119 Å². The predicted molar refractivity (Wildman–Crippen MR) is 73.7 cm³/mol. The lowest BCUT2D eigenvalue weighted by Crippen LogP contribution is -2.44. The van der Waals surface area contributed by atoms with E-state index in [-0.39, 0.29) is 24.5 Å². The van der Waals surface area contributed by atoms with Crippen molar-refractivity contribution in [1.29, 1.82) is 0 Å². The van der Waals surface area contributed by atoms with Crippen LogP contribution < -0.4 is 4.72 Å². The molecule has 0 saturated carbocycles. The van der Waals surface area contributed by atoms with Gasteiger partial charge in [0.25, 0.3) is 0 Å². The van der Waals surface area contributed by atoms with Crippen LogP contribution in [-0.4, -0.2) is 50.3 Å². The number of methoxy groups -OCH3 is 1. The summed E-state index contributed by atoms with van der Waals surface area (Å²) >= 11 is 0. The zero-order valence-corrected chi connectivity index (χ0v) is 12.6. The molecule has 1 aliphatic rings. The van der Waals surface area contributed by atoms with E-state index in [2.05, 4.69) is 9.82 Å². The Morgan fingerprint density at radius 2 is 2.40 bits per heavy atom. The van der Waals surface area contributed by atoms with E-state index >= 15 is 0 Å². The Hall–Kier alpha value is -0.960. The van der Waals surface area contributed by atoms with Crippen LogP contribution in [0.25, 0.3) is 0 Å². The highest BCUT2D eigenvalue weighted by atomic mass is 32.2. The molecule has 8 heteroatoms. The molecule has 2 rings (SSSR count). The fraction of sp³-hybridized carbons (Fsp3) is 0.750. The van der Waals surface area contributed by atoms with E-state index < -0.39 is 10.0 Å². The minimum atomic E-state index is -3.36. The van der Waals surface area contributed by atoms with Crippen molar-refractivity contribution in [1.82, 2.24) is 14.5 Å². The molecule has 114 valence electrons. The third-order valence-corrected chi connectivity index (χ3v) is 4.63. The van der Waals surface area contributed by atoms with Gasteiger partial charge in [-0.1, -0.05) is 0 Å². The van der Waals surface area contributed by atoms with Crippen molar-refractivity contribution < 1.29 is 17.9 Å². The maximum atomic E-state index is 12.0. The highest BCUT2D eigenvalue weighted by molar-refractivity contribution is 7.89. The summed E-state index contributed by atoms with van der Waals surface area (Å²) in [5.41, 5.74) is 0.895. The van der Waals surface area contributed by atoms with E-state index in [0.29, 0.717) is 6.61 Å². The molecule has 0 spiro atoms. The molecular weight excluding hydrogens is 282 g/mol. The van der Waals surface area contributed by atoms with Crippen LogP contribution in [0.3, 0.4) is 0 Å². The van der Waals surface area contributed by atoms with Crippen molar-refractivity contribution in [2.45, 2.75) is 25.0 Å². The standard InChI is InChI=1S/C12H21N3O4S/c1-15-9-10(8-13-15)12-11(4-3-5-19-12)14-20(16,17)7-6-18-2/h8-9,11-12,14H,3-7H2,1-2H3/t11-,12+/m0/s1. The topological polar surface area (TPSA) is 82.5 Å². The summed E-state index contributed by atoms with van der Waals surface area (Å²) < 4.78 is 38.9. The Kier molecular flexibility index (Phi) is 5.14. The Bertz CT molecular complexity index is 529. The lowest BCUT2D eigenvalue weighted by Gasteiger charge is -2.31. The number of rotatable bonds is 6. The number of ether oxygens (including phenoxy) is 2. The van der Waals surface area contributed by atoms with Crippen molar-refractivity contribution >= 4 is 10.0 Å². The van der Waals surface area contributed by atoms with Crippen molar-refractivity contribution in [3.63, 3.8) is 0 Å². The van der Waals surface area contributed by atoms with E-state index in [1.807, 2.05) is 13.2 Å². The quantitative estimate of drug-likeness (QED) is 0.812. The van der Waals surface area contributed by atoms with Gasteiger partial charge in [0.15, 0.2) is 0 Å². The summed E-state index contributed by atoms with van der Waals surface area (Å²) in [7, 11) is -0.0524. The first-order chi connectivity index (χ1) is 9.52. The Balaban J connectivity index is 2.07. The van der Waals surface area contributed by atoms with Crippen molar-refractivity contribution in [3.05, 3.63) is 18.0 Å². The normalized spacial score (nSPS) is 23.9. The summed E-state index contributed by atoms with van der Waals surface area (Å²) in [6, 6.07) is -0.255. The number of sulfonamides is 1. The molecule has 0 amide bonds. The Morgan fingerprint density at radius 1 is 1.60 bits per heavy atom. The maximum Gasteiger partial charge on any atom is 0.214 e. The molecule has 0 radical (unpaired) electrons. The smallest absolute Gasteiger partial charge is 0.214 e. The first kappa shape index (κ1) is 15.4. The lowest BCUT2D eigenvalue weighted by atomic mass is 9.99. The van der Waals surface area contributed by atoms with Gasteiger partial charge in [-0.25, -0.2) is 13.1 Å². The van der Waals surface area contributed by atoms with Gasteiger partial charge in [-0.15, -0.1) is 0 Å². The molecule has 1 aromatic rings. The zero-order valence-electron chi connectivity index (χ0n) is 11.8. The van der Waals surface area contributed by atoms with Crippen LogP contribution >= 0.6 is 0 Å². The fourth-order valence-electron chi connectivity index (χ4n) is 2.30. The molecule has 1 N–H and O–H groups in total. The second kappa shape index (κ2) is 6.66. The van der Waals surface area contributed by atoms with Gasteiger partial charge < -0.3 is 9.47 Å². The summed E-state index contributed by atoms with van der Waals surface area (Å²) in [6.45, 7) is 0.816. The summed E-state index contributed by atoms with van der Waals surface area (Å²) in [6.07, 6.45) is 4.88. The van der Waals surface area contributed by atoms with Crippen LogP contribution in [0.2, 0.25) is 0 Å². The Morgan fingerprint density at radius 3 is 3.05 bits per heavy atom. The minimum Gasteiger partial charge on any atom is -0.384 e. The van der Waals surface area contributed by atoms with Crippen molar-refractivity contribution in [2.75, 3.05) is 26.1 Å². The minimum absolute atomic E-state index is 0.0419. The summed E-state index contributed by atoms with van der Waals surface area (Å²) in [4.78, 5) is 0.